The predicted octanol–water partition coefficient (Wildman–Crippen LogP) is 3.79. The molecule has 0 saturated carbocycles. The lowest BCUT2D eigenvalue weighted by Gasteiger charge is -2.16. The Morgan fingerprint density at radius 3 is 2.50 bits per heavy atom. The fourth-order valence-electron chi connectivity index (χ4n) is 2.00. The Bertz CT molecular complexity index is 255. The maximum atomic E-state index is 3.61. The summed E-state index contributed by atoms with van der Waals surface area (Å²) in [5.41, 5.74) is 1.47. The highest BCUT2D eigenvalue weighted by molar-refractivity contribution is 5.14. The minimum absolute atomic E-state index is 0.712. The Morgan fingerprint density at radius 1 is 1.12 bits per heavy atom. The molecule has 0 heterocycles. The van der Waals surface area contributed by atoms with Crippen molar-refractivity contribution < 1.29 is 0 Å². The molecule has 0 aliphatic heterocycles. The van der Waals surface area contributed by atoms with Gasteiger partial charge in [0.1, 0.15) is 0 Å². The molecule has 1 aromatic carbocycles. The normalized spacial score (nSPS) is 12.6. The fourth-order valence-corrected chi connectivity index (χ4v) is 2.00. The molecule has 1 nitrogen and oxygen atoms in total. The molecule has 16 heavy (non-hydrogen) atoms. The molecule has 0 aliphatic carbocycles. The third-order valence-corrected chi connectivity index (χ3v) is 3.04. The van der Waals surface area contributed by atoms with E-state index in [1.807, 2.05) is 0 Å². The molecule has 1 aromatic rings. The van der Waals surface area contributed by atoms with E-state index >= 15 is 0 Å². The van der Waals surface area contributed by atoms with Crippen molar-refractivity contribution in [3.8, 4) is 0 Å². The monoisotopic (exact) mass is 219 g/mol. The Labute approximate surface area is 100 Å². The van der Waals surface area contributed by atoms with Crippen molar-refractivity contribution in [2.24, 2.45) is 0 Å². The lowest BCUT2D eigenvalue weighted by molar-refractivity contribution is 0.456. The van der Waals surface area contributed by atoms with Crippen LogP contribution in [0.1, 0.15) is 45.1 Å². The average Bonchev–Trinajstić information content (AvgIpc) is 2.35. The van der Waals surface area contributed by atoms with Crippen LogP contribution in [0.2, 0.25) is 0 Å². The van der Waals surface area contributed by atoms with Crippen LogP contribution in [0.15, 0.2) is 30.3 Å². The van der Waals surface area contributed by atoms with Crippen molar-refractivity contribution in [1.29, 1.82) is 0 Å². The minimum Gasteiger partial charge on any atom is -0.314 e. The highest BCUT2D eigenvalue weighted by Gasteiger charge is 2.04. The zero-order valence-electron chi connectivity index (χ0n) is 10.7. The lowest BCUT2D eigenvalue weighted by Crippen LogP contribution is -2.29. The minimum atomic E-state index is 0.712. The highest BCUT2D eigenvalue weighted by atomic mass is 14.9. The zero-order chi connectivity index (χ0) is 11.6. The van der Waals surface area contributed by atoms with Crippen LogP contribution in [0.5, 0.6) is 0 Å². The van der Waals surface area contributed by atoms with E-state index in [0.717, 1.165) is 6.54 Å². The van der Waals surface area contributed by atoms with Gasteiger partial charge in [0, 0.05) is 6.04 Å². The van der Waals surface area contributed by atoms with Crippen LogP contribution in [0, 0.1) is 0 Å². The van der Waals surface area contributed by atoms with Gasteiger partial charge in [-0.15, -0.1) is 0 Å². The van der Waals surface area contributed by atoms with Gasteiger partial charge in [0.15, 0.2) is 0 Å². The van der Waals surface area contributed by atoms with Crippen LogP contribution in [-0.2, 0) is 6.42 Å². The first-order chi connectivity index (χ1) is 7.86. The first-order valence-electron chi connectivity index (χ1n) is 6.64. The molecule has 1 atom stereocenters. The van der Waals surface area contributed by atoms with Crippen molar-refractivity contribution in [3.05, 3.63) is 35.9 Å². The van der Waals surface area contributed by atoms with Crippen LogP contribution < -0.4 is 5.32 Å². The van der Waals surface area contributed by atoms with E-state index in [2.05, 4.69) is 49.5 Å². The molecule has 0 saturated heterocycles. The summed E-state index contributed by atoms with van der Waals surface area (Å²) >= 11 is 0. The van der Waals surface area contributed by atoms with Gasteiger partial charge in [0.25, 0.3) is 0 Å². The van der Waals surface area contributed by atoms with E-state index in [9.17, 15) is 0 Å². The van der Waals surface area contributed by atoms with Gasteiger partial charge in [0.2, 0.25) is 0 Å². The fraction of sp³-hybridized carbons (Fsp3) is 0.600. The maximum absolute atomic E-state index is 3.61. The van der Waals surface area contributed by atoms with Gasteiger partial charge in [-0.1, -0.05) is 44.2 Å². The second-order valence-electron chi connectivity index (χ2n) is 4.44. The quantitative estimate of drug-likeness (QED) is 0.701. The first kappa shape index (κ1) is 13.2. The molecule has 0 spiro atoms. The maximum Gasteiger partial charge on any atom is 0.00645 e. The Kier molecular flexibility index (Phi) is 6.91. The molecule has 1 unspecified atom stereocenters. The van der Waals surface area contributed by atoms with Crippen LogP contribution in [0.25, 0.3) is 0 Å². The molecule has 90 valence electrons. The summed E-state index contributed by atoms with van der Waals surface area (Å²) in [5, 5.41) is 3.61. The highest BCUT2D eigenvalue weighted by Crippen LogP contribution is 2.08. The van der Waals surface area contributed by atoms with E-state index in [1.165, 1.54) is 37.7 Å². The predicted molar refractivity (Wildman–Crippen MR) is 71.8 cm³/mol. The molecule has 1 heteroatoms. The summed E-state index contributed by atoms with van der Waals surface area (Å²) in [6, 6.07) is 11.5. The molecular weight excluding hydrogens is 194 g/mol. The van der Waals surface area contributed by atoms with Crippen LogP contribution in [-0.4, -0.2) is 12.6 Å². The summed E-state index contributed by atoms with van der Waals surface area (Å²) in [6.45, 7) is 5.66. The number of hydrogen-bond acceptors (Lipinski definition) is 1. The number of nitrogens with one attached hydrogen (secondary N) is 1. The van der Waals surface area contributed by atoms with E-state index in [1.54, 1.807) is 0 Å². The van der Waals surface area contributed by atoms with Crippen LogP contribution in [0.3, 0.4) is 0 Å². The smallest absolute Gasteiger partial charge is 0.00645 e. The summed E-state index contributed by atoms with van der Waals surface area (Å²) in [4.78, 5) is 0. The standard InChI is InChI=1S/C15H25N/c1-3-13-16-15(4-2)12-8-11-14-9-6-5-7-10-14/h5-7,9-10,15-16H,3-4,8,11-13H2,1-2H3. The van der Waals surface area contributed by atoms with Gasteiger partial charge in [0.05, 0.1) is 0 Å². The Hall–Kier alpha value is -0.820. The molecule has 1 N–H and O–H groups in total. The number of rotatable bonds is 8. The van der Waals surface area contributed by atoms with Crippen molar-refractivity contribution in [2.75, 3.05) is 6.54 Å². The molecule has 1 rings (SSSR count). The second-order valence-corrected chi connectivity index (χ2v) is 4.44. The van der Waals surface area contributed by atoms with Gasteiger partial charge >= 0.3 is 0 Å². The SMILES string of the molecule is CCCNC(CC)CCCc1ccccc1. The van der Waals surface area contributed by atoms with Gasteiger partial charge < -0.3 is 5.32 Å². The Morgan fingerprint density at radius 2 is 1.88 bits per heavy atom. The van der Waals surface area contributed by atoms with E-state index in [-0.39, 0.29) is 0 Å². The molecule has 0 aromatic heterocycles. The third-order valence-electron chi connectivity index (χ3n) is 3.04. The largest absolute Gasteiger partial charge is 0.314 e. The zero-order valence-corrected chi connectivity index (χ0v) is 10.7. The molecule has 0 aliphatic rings. The first-order valence-corrected chi connectivity index (χ1v) is 6.64. The Balaban J connectivity index is 2.18. The van der Waals surface area contributed by atoms with Gasteiger partial charge in [-0.05, 0) is 44.2 Å². The molecule has 0 fully saturated rings. The lowest BCUT2D eigenvalue weighted by atomic mass is 10.0. The van der Waals surface area contributed by atoms with Gasteiger partial charge in [-0.3, -0.25) is 0 Å². The van der Waals surface area contributed by atoms with Crippen molar-refractivity contribution >= 4 is 0 Å². The van der Waals surface area contributed by atoms with E-state index in [4.69, 9.17) is 0 Å². The van der Waals surface area contributed by atoms with Crippen LogP contribution in [0.4, 0.5) is 0 Å². The molecule has 0 bridgehead atoms. The number of aryl methyl sites for hydroxylation is 1. The average molecular weight is 219 g/mol. The topological polar surface area (TPSA) is 12.0 Å². The summed E-state index contributed by atoms with van der Waals surface area (Å²) in [6.07, 6.45) is 6.28. The number of benzene rings is 1. The summed E-state index contributed by atoms with van der Waals surface area (Å²) in [5.74, 6) is 0. The van der Waals surface area contributed by atoms with Crippen molar-refractivity contribution in [3.63, 3.8) is 0 Å². The summed E-state index contributed by atoms with van der Waals surface area (Å²) < 4.78 is 0. The molecular formula is C15H25N. The van der Waals surface area contributed by atoms with E-state index in [0.29, 0.717) is 6.04 Å². The van der Waals surface area contributed by atoms with Gasteiger partial charge in [-0.25, -0.2) is 0 Å². The van der Waals surface area contributed by atoms with E-state index < -0.39 is 0 Å². The van der Waals surface area contributed by atoms with Crippen molar-refractivity contribution in [2.45, 2.75) is 52.0 Å². The summed E-state index contributed by atoms with van der Waals surface area (Å²) in [7, 11) is 0. The third kappa shape index (κ3) is 5.32. The van der Waals surface area contributed by atoms with Crippen LogP contribution >= 0.6 is 0 Å². The number of hydrogen-bond donors (Lipinski definition) is 1. The molecule has 0 amide bonds. The van der Waals surface area contributed by atoms with Gasteiger partial charge in [-0.2, -0.15) is 0 Å². The van der Waals surface area contributed by atoms with Crippen molar-refractivity contribution in [1.82, 2.24) is 5.32 Å². The molecule has 0 radical (unpaired) electrons. The second kappa shape index (κ2) is 8.35.